The van der Waals surface area contributed by atoms with Crippen LogP contribution < -0.4 is 10.6 Å². The first kappa shape index (κ1) is 14.5. The Morgan fingerprint density at radius 3 is 3.00 bits per heavy atom. The summed E-state index contributed by atoms with van der Waals surface area (Å²) in [6.45, 7) is 3.55. The quantitative estimate of drug-likeness (QED) is 0.799. The van der Waals surface area contributed by atoms with Crippen molar-refractivity contribution in [2.45, 2.75) is 25.9 Å². The Balaban J connectivity index is 1.64. The van der Waals surface area contributed by atoms with Crippen molar-refractivity contribution >= 4 is 17.0 Å². The predicted octanol–water partition coefficient (Wildman–Crippen LogP) is 3.60. The lowest BCUT2D eigenvalue weighted by Gasteiger charge is -2.34. The van der Waals surface area contributed by atoms with Gasteiger partial charge < -0.3 is 15.1 Å². The van der Waals surface area contributed by atoms with E-state index in [-0.39, 0.29) is 6.04 Å². The van der Waals surface area contributed by atoms with E-state index in [0.29, 0.717) is 5.89 Å². The Kier molecular flexibility index (Phi) is 3.67. The van der Waals surface area contributed by atoms with Crippen molar-refractivity contribution in [3.05, 3.63) is 58.8 Å². The fourth-order valence-corrected chi connectivity index (χ4v) is 3.78. The molecule has 0 amide bonds. The standard InChI is InChI=1S/C18H19N3OS/c1-12-15(20-18(22-12)17-7-4-8-23-17)11-21-10-14(19)9-13-5-2-3-6-16(13)21/h2-8,14H,9-11,19H2,1H3. The van der Waals surface area contributed by atoms with Gasteiger partial charge in [0.15, 0.2) is 0 Å². The molecule has 0 saturated carbocycles. The molecule has 2 N–H and O–H groups in total. The van der Waals surface area contributed by atoms with E-state index in [2.05, 4.69) is 29.2 Å². The van der Waals surface area contributed by atoms with Gasteiger partial charge in [0, 0.05) is 18.3 Å². The van der Waals surface area contributed by atoms with Gasteiger partial charge in [-0.1, -0.05) is 24.3 Å². The summed E-state index contributed by atoms with van der Waals surface area (Å²) in [4.78, 5) is 8.08. The molecule has 1 aliphatic rings. The smallest absolute Gasteiger partial charge is 0.236 e. The molecule has 0 radical (unpaired) electrons. The van der Waals surface area contributed by atoms with Crippen LogP contribution in [0.4, 0.5) is 5.69 Å². The van der Waals surface area contributed by atoms with Crippen LogP contribution in [0.2, 0.25) is 0 Å². The van der Waals surface area contributed by atoms with Crippen LogP contribution in [0.15, 0.2) is 46.2 Å². The SMILES string of the molecule is Cc1oc(-c2cccs2)nc1CN1CC(N)Cc2ccccc21. The zero-order valence-corrected chi connectivity index (χ0v) is 13.8. The lowest BCUT2D eigenvalue weighted by atomic mass is 9.98. The number of aryl methyl sites for hydroxylation is 1. The molecule has 1 aromatic carbocycles. The third-order valence-electron chi connectivity index (χ3n) is 4.23. The summed E-state index contributed by atoms with van der Waals surface area (Å²) < 4.78 is 5.86. The van der Waals surface area contributed by atoms with Crippen LogP contribution >= 0.6 is 11.3 Å². The molecule has 0 saturated heterocycles. The predicted molar refractivity (Wildman–Crippen MR) is 93.7 cm³/mol. The summed E-state index contributed by atoms with van der Waals surface area (Å²) in [5.41, 5.74) is 9.78. The van der Waals surface area contributed by atoms with E-state index >= 15 is 0 Å². The third kappa shape index (κ3) is 2.78. The minimum Gasteiger partial charge on any atom is -0.440 e. The number of hydrogen-bond acceptors (Lipinski definition) is 5. The van der Waals surface area contributed by atoms with Gasteiger partial charge in [-0.15, -0.1) is 11.3 Å². The van der Waals surface area contributed by atoms with Crippen molar-refractivity contribution in [1.82, 2.24) is 4.98 Å². The minimum atomic E-state index is 0.161. The van der Waals surface area contributed by atoms with Crippen LogP contribution in [0, 0.1) is 6.92 Å². The second-order valence-electron chi connectivity index (χ2n) is 5.97. The molecule has 3 aromatic rings. The first-order chi connectivity index (χ1) is 11.2. The summed E-state index contributed by atoms with van der Waals surface area (Å²) in [6, 6.07) is 12.7. The number of fused-ring (bicyclic) bond motifs is 1. The van der Waals surface area contributed by atoms with Gasteiger partial charge in [0.2, 0.25) is 5.89 Å². The molecule has 23 heavy (non-hydrogen) atoms. The molecule has 1 unspecified atom stereocenters. The number of oxazole rings is 1. The third-order valence-corrected chi connectivity index (χ3v) is 5.09. The second kappa shape index (κ2) is 5.83. The van der Waals surface area contributed by atoms with E-state index in [9.17, 15) is 0 Å². The van der Waals surface area contributed by atoms with Crippen molar-refractivity contribution in [3.8, 4) is 10.8 Å². The van der Waals surface area contributed by atoms with Crippen molar-refractivity contribution in [2.75, 3.05) is 11.4 Å². The van der Waals surface area contributed by atoms with Gasteiger partial charge in [0.25, 0.3) is 0 Å². The van der Waals surface area contributed by atoms with Crippen LogP contribution in [0.25, 0.3) is 10.8 Å². The summed E-state index contributed by atoms with van der Waals surface area (Å²) in [5.74, 6) is 1.59. The Labute approximate surface area is 139 Å². The second-order valence-corrected chi connectivity index (χ2v) is 6.92. The molecule has 4 nitrogen and oxygen atoms in total. The fourth-order valence-electron chi connectivity index (χ4n) is 3.13. The van der Waals surface area contributed by atoms with Crippen molar-refractivity contribution in [3.63, 3.8) is 0 Å². The minimum absolute atomic E-state index is 0.161. The van der Waals surface area contributed by atoms with Gasteiger partial charge >= 0.3 is 0 Å². The first-order valence-corrected chi connectivity index (χ1v) is 8.67. The number of nitrogens with two attached hydrogens (primary N) is 1. The normalized spacial score (nSPS) is 17.3. The van der Waals surface area contributed by atoms with Crippen LogP contribution in [0.5, 0.6) is 0 Å². The van der Waals surface area contributed by atoms with Gasteiger partial charge in [-0.25, -0.2) is 4.98 Å². The van der Waals surface area contributed by atoms with Gasteiger partial charge in [0.05, 0.1) is 11.4 Å². The maximum absolute atomic E-state index is 6.23. The highest BCUT2D eigenvalue weighted by Gasteiger charge is 2.23. The van der Waals surface area contributed by atoms with Crippen LogP contribution in [0.3, 0.4) is 0 Å². The average Bonchev–Trinajstić information content (AvgIpc) is 3.17. The zero-order chi connectivity index (χ0) is 15.8. The fraction of sp³-hybridized carbons (Fsp3) is 0.278. The number of nitrogens with zero attached hydrogens (tertiary/aromatic N) is 2. The highest BCUT2D eigenvalue weighted by atomic mass is 32.1. The number of rotatable bonds is 3. The number of hydrogen-bond donors (Lipinski definition) is 1. The average molecular weight is 325 g/mol. The molecule has 0 spiro atoms. The molecule has 3 heterocycles. The van der Waals surface area contributed by atoms with Gasteiger partial charge in [0.1, 0.15) is 11.5 Å². The monoisotopic (exact) mass is 325 g/mol. The van der Waals surface area contributed by atoms with E-state index < -0.39 is 0 Å². The molecule has 0 bridgehead atoms. The lowest BCUT2D eigenvalue weighted by molar-refractivity contribution is 0.537. The van der Waals surface area contributed by atoms with Crippen LogP contribution in [-0.2, 0) is 13.0 Å². The molecular formula is C18H19N3OS. The molecule has 0 fully saturated rings. The summed E-state index contributed by atoms with van der Waals surface area (Å²) in [6.07, 6.45) is 0.935. The van der Waals surface area contributed by atoms with Gasteiger partial charge in [-0.2, -0.15) is 0 Å². The molecule has 4 rings (SSSR count). The number of anilines is 1. The lowest BCUT2D eigenvalue weighted by Crippen LogP contribution is -2.43. The van der Waals surface area contributed by atoms with E-state index in [4.69, 9.17) is 15.1 Å². The van der Waals surface area contributed by atoms with Crippen LogP contribution in [-0.4, -0.2) is 17.6 Å². The maximum atomic E-state index is 6.23. The van der Waals surface area contributed by atoms with E-state index in [1.807, 2.05) is 24.4 Å². The number of thiophene rings is 1. The summed E-state index contributed by atoms with van der Waals surface area (Å²) in [5, 5.41) is 2.04. The largest absolute Gasteiger partial charge is 0.440 e. The molecule has 1 aliphatic heterocycles. The van der Waals surface area contributed by atoms with Crippen molar-refractivity contribution in [1.29, 1.82) is 0 Å². The summed E-state index contributed by atoms with van der Waals surface area (Å²) >= 11 is 1.64. The Hall–Kier alpha value is -2.11. The molecule has 1 atom stereocenters. The Bertz CT molecular complexity index is 810. The van der Waals surface area contributed by atoms with Gasteiger partial charge in [-0.3, -0.25) is 0 Å². The Morgan fingerprint density at radius 2 is 2.17 bits per heavy atom. The molecule has 118 valence electrons. The van der Waals surface area contributed by atoms with E-state index in [0.717, 1.165) is 35.8 Å². The molecule has 5 heteroatoms. The topological polar surface area (TPSA) is 55.3 Å². The highest BCUT2D eigenvalue weighted by molar-refractivity contribution is 7.13. The first-order valence-electron chi connectivity index (χ1n) is 7.79. The summed E-state index contributed by atoms with van der Waals surface area (Å²) in [7, 11) is 0. The maximum Gasteiger partial charge on any atom is 0.236 e. The number of aromatic nitrogens is 1. The number of para-hydroxylation sites is 1. The van der Waals surface area contributed by atoms with Crippen molar-refractivity contribution < 1.29 is 4.42 Å². The molecule has 2 aromatic heterocycles. The number of benzene rings is 1. The van der Waals surface area contributed by atoms with Crippen molar-refractivity contribution in [2.24, 2.45) is 5.73 Å². The van der Waals surface area contributed by atoms with Crippen LogP contribution in [0.1, 0.15) is 17.0 Å². The van der Waals surface area contributed by atoms with Gasteiger partial charge in [-0.05, 0) is 36.4 Å². The molecular weight excluding hydrogens is 306 g/mol. The zero-order valence-electron chi connectivity index (χ0n) is 13.0. The van der Waals surface area contributed by atoms with E-state index in [1.165, 1.54) is 11.3 Å². The van der Waals surface area contributed by atoms with E-state index in [1.54, 1.807) is 11.3 Å². The highest BCUT2D eigenvalue weighted by Crippen LogP contribution is 2.30. The Morgan fingerprint density at radius 1 is 1.30 bits per heavy atom. The molecule has 0 aliphatic carbocycles.